The zero-order valence-corrected chi connectivity index (χ0v) is 13.7. The number of hydrogen-bond acceptors (Lipinski definition) is 3. The Balaban J connectivity index is 1.76. The highest BCUT2D eigenvalue weighted by Crippen LogP contribution is 2.15. The van der Waals surface area contributed by atoms with Crippen LogP contribution < -0.4 is 10.6 Å². The molecular formula is C20H17N3O2. The fourth-order valence-electron chi connectivity index (χ4n) is 2.35. The fourth-order valence-corrected chi connectivity index (χ4v) is 2.35. The number of aromatic nitrogens is 1. The van der Waals surface area contributed by atoms with E-state index in [0.717, 1.165) is 5.56 Å². The van der Waals surface area contributed by atoms with Crippen molar-refractivity contribution in [2.75, 3.05) is 10.6 Å². The lowest BCUT2D eigenvalue weighted by molar-refractivity contribution is 0.101. The van der Waals surface area contributed by atoms with Gasteiger partial charge >= 0.3 is 0 Å². The monoisotopic (exact) mass is 331 g/mol. The number of carbonyl (C=O) groups excluding carboxylic acids is 2. The van der Waals surface area contributed by atoms with Crippen LogP contribution in [0.15, 0.2) is 72.8 Å². The van der Waals surface area contributed by atoms with E-state index in [1.165, 1.54) is 0 Å². The van der Waals surface area contributed by atoms with E-state index in [9.17, 15) is 9.59 Å². The molecule has 0 bridgehead atoms. The Morgan fingerprint density at radius 1 is 0.720 bits per heavy atom. The summed E-state index contributed by atoms with van der Waals surface area (Å²) in [6.45, 7) is 1.87. The van der Waals surface area contributed by atoms with E-state index in [-0.39, 0.29) is 11.8 Å². The van der Waals surface area contributed by atoms with Gasteiger partial charge in [0.05, 0.1) is 0 Å². The Bertz CT molecular complexity index is 822. The van der Waals surface area contributed by atoms with Gasteiger partial charge in [0.25, 0.3) is 11.8 Å². The smallest absolute Gasteiger partial charge is 0.256 e. The van der Waals surface area contributed by atoms with Crippen LogP contribution in [-0.4, -0.2) is 16.8 Å². The quantitative estimate of drug-likeness (QED) is 0.762. The number of aryl methyl sites for hydroxylation is 1. The molecule has 0 saturated heterocycles. The molecular weight excluding hydrogens is 314 g/mol. The van der Waals surface area contributed by atoms with Gasteiger partial charge in [0.2, 0.25) is 0 Å². The van der Waals surface area contributed by atoms with Crippen LogP contribution in [0.25, 0.3) is 0 Å². The van der Waals surface area contributed by atoms with Crippen molar-refractivity contribution in [1.82, 2.24) is 4.98 Å². The van der Waals surface area contributed by atoms with Gasteiger partial charge in [-0.25, -0.2) is 4.98 Å². The Labute approximate surface area is 145 Å². The zero-order chi connectivity index (χ0) is 17.6. The molecule has 0 aliphatic carbocycles. The molecule has 0 unspecified atom stereocenters. The van der Waals surface area contributed by atoms with Crippen LogP contribution in [0, 0.1) is 6.92 Å². The second-order valence-electron chi connectivity index (χ2n) is 5.56. The van der Waals surface area contributed by atoms with E-state index in [1.807, 2.05) is 19.1 Å². The molecule has 3 aromatic rings. The van der Waals surface area contributed by atoms with Crippen LogP contribution in [0.2, 0.25) is 0 Å². The van der Waals surface area contributed by atoms with Gasteiger partial charge in [-0.3, -0.25) is 9.59 Å². The standard InChI is InChI=1S/C20H17N3O2/c1-14-12-17(22-19(24)15-8-4-2-5-9-15)21-18(13-14)23-20(25)16-10-6-3-7-11-16/h2-13H,1H3,(H2,21,22,23,24,25). The largest absolute Gasteiger partial charge is 0.306 e. The van der Waals surface area contributed by atoms with Crippen molar-refractivity contribution in [3.8, 4) is 0 Å². The zero-order valence-electron chi connectivity index (χ0n) is 13.7. The Kier molecular flexibility index (Phi) is 4.85. The molecule has 5 heteroatoms. The lowest BCUT2D eigenvalue weighted by atomic mass is 10.2. The third-order valence-electron chi connectivity index (χ3n) is 3.52. The summed E-state index contributed by atoms with van der Waals surface area (Å²) >= 11 is 0. The summed E-state index contributed by atoms with van der Waals surface area (Å²) in [5, 5.41) is 5.50. The highest BCUT2D eigenvalue weighted by atomic mass is 16.2. The first kappa shape index (κ1) is 16.4. The van der Waals surface area contributed by atoms with Crippen molar-refractivity contribution in [2.24, 2.45) is 0 Å². The average molecular weight is 331 g/mol. The number of amides is 2. The molecule has 2 N–H and O–H groups in total. The first-order chi connectivity index (χ1) is 12.1. The van der Waals surface area contributed by atoms with Gasteiger partial charge in [0.15, 0.2) is 0 Å². The van der Waals surface area contributed by atoms with Crippen molar-refractivity contribution in [2.45, 2.75) is 6.92 Å². The first-order valence-corrected chi connectivity index (χ1v) is 7.83. The van der Waals surface area contributed by atoms with E-state index in [2.05, 4.69) is 15.6 Å². The van der Waals surface area contributed by atoms with Gasteiger partial charge in [0, 0.05) is 11.1 Å². The summed E-state index contributed by atoms with van der Waals surface area (Å²) in [6.07, 6.45) is 0. The van der Waals surface area contributed by atoms with Gasteiger partial charge in [0.1, 0.15) is 11.6 Å². The van der Waals surface area contributed by atoms with Crippen molar-refractivity contribution >= 4 is 23.5 Å². The molecule has 3 rings (SSSR count). The molecule has 0 aliphatic rings. The van der Waals surface area contributed by atoms with Crippen molar-refractivity contribution in [3.05, 3.63) is 89.5 Å². The molecule has 0 spiro atoms. The summed E-state index contributed by atoms with van der Waals surface area (Å²) < 4.78 is 0. The third kappa shape index (κ3) is 4.29. The highest BCUT2D eigenvalue weighted by molar-refractivity contribution is 6.05. The molecule has 0 atom stereocenters. The maximum absolute atomic E-state index is 12.2. The van der Waals surface area contributed by atoms with E-state index in [4.69, 9.17) is 0 Å². The topological polar surface area (TPSA) is 71.1 Å². The summed E-state index contributed by atoms with van der Waals surface area (Å²) in [5.74, 6) is 0.271. The maximum Gasteiger partial charge on any atom is 0.256 e. The summed E-state index contributed by atoms with van der Waals surface area (Å²) in [4.78, 5) is 28.8. The molecule has 1 aromatic heterocycles. The van der Waals surface area contributed by atoms with Crippen LogP contribution in [0.3, 0.4) is 0 Å². The third-order valence-corrected chi connectivity index (χ3v) is 3.52. The minimum atomic E-state index is -0.251. The minimum Gasteiger partial charge on any atom is -0.306 e. The van der Waals surface area contributed by atoms with Crippen LogP contribution in [-0.2, 0) is 0 Å². The van der Waals surface area contributed by atoms with Gasteiger partial charge in [-0.05, 0) is 48.9 Å². The number of rotatable bonds is 4. The van der Waals surface area contributed by atoms with Crippen LogP contribution in [0.4, 0.5) is 11.6 Å². The number of nitrogens with zero attached hydrogens (tertiary/aromatic N) is 1. The predicted molar refractivity (Wildman–Crippen MR) is 97.8 cm³/mol. The van der Waals surface area contributed by atoms with Crippen molar-refractivity contribution in [1.29, 1.82) is 0 Å². The highest BCUT2D eigenvalue weighted by Gasteiger charge is 2.10. The summed E-state index contributed by atoms with van der Waals surface area (Å²) in [5.41, 5.74) is 1.96. The molecule has 0 aliphatic heterocycles. The van der Waals surface area contributed by atoms with Gasteiger partial charge in [-0.1, -0.05) is 36.4 Å². The van der Waals surface area contributed by atoms with Crippen LogP contribution in [0.5, 0.6) is 0 Å². The minimum absolute atomic E-state index is 0.251. The second kappa shape index (κ2) is 7.40. The number of benzene rings is 2. The first-order valence-electron chi connectivity index (χ1n) is 7.83. The molecule has 25 heavy (non-hydrogen) atoms. The van der Waals surface area contributed by atoms with Gasteiger partial charge in [-0.15, -0.1) is 0 Å². The Morgan fingerprint density at radius 3 is 1.52 bits per heavy atom. The molecule has 0 saturated carbocycles. The van der Waals surface area contributed by atoms with Gasteiger partial charge in [-0.2, -0.15) is 0 Å². The molecule has 0 fully saturated rings. The van der Waals surface area contributed by atoms with E-state index >= 15 is 0 Å². The second-order valence-corrected chi connectivity index (χ2v) is 5.56. The van der Waals surface area contributed by atoms with Crippen molar-refractivity contribution in [3.63, 3.8) is 0 Å². The molecule has 2 aromatic carbocycles. The predicted octanol–water partition coefficient (Wildman–Crippen LogP) is 3.89. The van der Waals surface area contributed by atoms with E-state index in [0.29, 0.717) is 22.8 Å². The average Bonchev–Trinajstić information content (AvgIpc) is 2.62. The SMILES string of the molecule is Cc1cc(NC(=O)c2ccccc2)nc(NC(=O)c2ccccc2)c1. The summed E-state index contributed by atoms with van der Waals surface area (Å²) in [6, 6.07) is 21.3. The molecule has 2 amide bonds. The summed E-state index contributed by atoms with van der Waals surface area (Å²) in [7, 11) is 0. The Morgan fingerprint density at radius 2 is 1.12 bits per heavy atom. The lowest BCUT2D eigenvalue weighted by Gasteiger charge is -2.09. The normalized spacial score (nSPS) is 10.1. The van der Waals surface area contributed by atoms with E-state index < -0.39 is 0 Å². The van der Waals surface area contributed by atoms with Gasteiger partial charge < -0.3 is 10.6 Å². The molecule has 1 heterocycles. The van der Waals surface area contributed by atoms with Crippen LogP contribution >= 0.6 is 0 Å². The van der Waals surface area contributed by atoms with Crippen molar-refractivity contribution < 1.29 is 9.59 Å². The number of pyridine rings is 1. The lowest BCUT2D eigenvalue weighted by Crippen LogP contribution is -2.16. The van der Waals surface area contributed by atoms with E-state index in [1.54, 1.807) is 60.7 Å². The number of nitrogens with one attached hydrogen (secondary N) is 2. The van der Waals surface area contributed by atoms with Crippen LogP contribution in [0.1, 0.15) is 26.3 Å². The Hall–Kier alpha value is -3.47. The molecule has 5 nitrogen and oxygen atoms in total. The molecule has 0 radical (unpaired) electrons. The fraction of sp³-hybridized carbons (Fsp3) is 0.0500. The number of carbonyl (C=O) groups is 2. The maximum atomic E-state index is 12.2. The number of hydrogen-bond donors (Lipinski definition) is 2. The number of anilines is 2. The molecule has 124 valence electrons.